The molecule has 0 saturated carbocycles. The van der Waals surface area contributed by atoms with Crippen LogP contribution in [0.25, 0.3) is 0 Å². The second kappa shape index (κ2) is 9.07. The van der Waals surface area contributed by atoms with Gasteiger partial charge >= 0.3 is 86.9 Å². The van der Waals surface area contributed by atoms with Gasteiger partial charge in [0.25, 0.3) is 0 Å². The summed E-state index contributed by atoms with van der Waals surface area (Å²) < 4.78 is 0. The standard InChI is InChI=1S/C3H6O3.K.Na.2H/c1-2(4)3(5)6;;;;/h2,4H,1H3,(H,5,6);;;;. The molecule has 0 aromatic heterocycles. The Labute approximate surface area is 113 Å². The van der Waals surface area contributed by atoms with E-state index in [1.54, 1.807) is 0 Å². The maximum absolute atomic E-state index is 9.45. The number of aliphatic hydroxyl groups is 1. The van der Waals surface area contributed by atoms with Gasteiger partial charge in [-0.15, -0.1) is 0 Å². The molecule has 0 aliphatic carbocycles. The fourth-order valence-electron chi connectivity index (χ4n) is 0. The number of aliphatic carboxylic acids is 1. The number of aliphatic hydroxyl groups excluding tert-OH is 1. The molecule has 8 heavy (non-hydrogen) atoms. The fourth-order valence-corrected chi connectivity index (χ4v) is 0. The van der Waals surface area contributed by atoms with Crippen LogP contribution in [0, 0.1) is 0 Å². The van der Waals surface area contributed by atoms with E-state index in [0.717, 1.165) is 0 Å². The van der Waals surface area contributed by atoms with Crippen LogP contribution in [-0.4, -0.2) is 103 Å². The van der Waals surface area contributed by atoms with Crippen molar-refractivity contribution in [2.24, 2.45) is 0 Å². The van der Waals surface area contributed by atoms with Crippen LogP contribution in [0.1, 0.15) is 6.92 Å². The van der Waals surface area contributed by atoms with Gasteiger partial charge in [0, 0.05) is 0 Å². The third-order valence-electron chi connectivity index (χ3n) is 0.357. The van der Waals surface area contributed by atoms with Crippen LogP contribution in [-0.2, 0) is 4.79 Å². The average molecular weight is 154 g/mol. The van der Waals surface area contributed by atoms with E-state index in [1.165, 1.54) is 6.92 Å². The first kappa shape index (κ1) is 16.6. The summed E-state index contributed by atoms with van der Waals surface area (Å²) in [6.07, 6.45) is -1.23. The van der Waals surface area contributed by atoms with E-state index in [-0.39, 0.29) is 80.9 Å². The van der Waals surface area contributed by atoms with Gasteiger partial charge in [-0.2, -0.15) is 0 Å². The molecule has 0 radical (unpaired) electrons. The quantitative estimate of drug-likeness (QED) is 0.436. The van der Waals surface area contributed by atoms with Crippen molar-refractivity contribution in [3.63, 3.8) is 0 Å². The molecule has 0 bridgehead atoms. The van der Waals surface area contributed by atoms with Crippen molar-refractivity contribution in [1.82, 2.24) is 0 Å². The van der Waals surface area contributed by atoms with Gasteiger partial charge in [-0.25, -0.2) is 4.79 Å². The molecule has 1 atom stereocenters. The monoisotopic (exact) mass is 154 g/mol. The van der Waals surface area contributed by atoms with Gasteiger partial charge in [-0.3, -0.25) is 0 Å². The third-order valence-corrected chi connectivity index (χ3v) is 0.357. The third kappa shape index (κ3) is 10.9. The van der Waals surface area contributed by atoms with Crippen molar-refractivity contribution < 1.29 is 15.0 Å². The molecule has 0 fully saturated rings. The average Bonchev–Trinajstić information content (AvgIpc) is 1.36. The van der Waals surface area contributed by atoms with Gasteiger partial charge in [0.1, 0.15) is 6.10 Å². The van der Waals surface area contributed by atoms with Gasteiger partial charge in [0.2, 0.25) is 0 Å². The molecule has 0 aliphatic rings. The summed E-state index contributed by atoms with van der Waals surface area (Å²) in [5.74, 6) is -1.19. The van der Waals surface area contributed by atoms with Crippen LogP contribution in [0.3, 0.4) is 0 Å². The molecule has 0 aromatic carbocycles. The second-order valence-electron chi connectivity index (χ2n) is 1.01. The first-order valence-corrected chi connectivity index (χ1v) is 1.55. The molecular formula is C3H8KNaO3. The summed E-state index contributed by atoms with van der Waals surface area (Å²) in [5, 5.41) is 15.8. The Morgan fingerprint density at radius 1 is 1.62 bits per heavy atom. The van der Waals surface area contributed by atoms with Gasteiger partial charge in [-0.1, -0.05) is 0 Å². The summed E-state index contributed by atoms with van der Waals surface area (Å²) >= 11 is 0. The summed E-state index contributed by atoms with van der Waals surface area (Å²) in [6.45, 7) is 1.20. The summed E-state index contributed by atoms with van der Waals surface area (Å²) in [6, 6.07) is 0. The molecule has 0 rings (SSSR count). The van der Waals surface area contributed by atoms with Gasteiger partial charge in [0.15, 0.2) is 0 Å². The van der Waals surface area contributed by atoms with Gasteiger partial charge < -0.3 is 10.2 Å². The van der Waals surface area contributed by atoms with Crippen molar-refractivity contribution in [3.05, 3.63) is 0 Å². The molecule has 0 saturated heterocycles. The zero-order valence-corrected chi connectivity index (χ0v) is 3.38. The molecule has 0 aliphatic heterocycles. The molecule has 0 spiro atoms. The SMILES string of the molecule is CC(O)C(=O)O.[KH].[NaH]. The zero-order valence-electron chi connectivity index (χ0n) is 3.38. The predicted octanol–water partition coefficient (Wildman–Crippen LogP) is -1.85. The van der Waals surface area contributed by atoms with Crippen molar-refractivity contribution >= 4 is 86.9 Å². The molecule has 3 nitrogen and oxygen atoms in total. The fraction of sp³-hybridized carbons (Fsp3) is 0.667. The number of carboxylic acids is 1. The number of rotatable bonds is 1. The Kier molecular flexibility index (Phi) is 18.8. The minimum atomic E-state index is -1.23. The first-order valence-electron chi connectivity index (χ1n) is 1.55. The van der Waals surface area contributed by atoms with Gasteiger partial charge in [0.05, 0.1) is 0 Å². The summed E-state index contributed by atoms with van der Waals surface area (Å²) in [5.41, 5.74) is 0. The molecule has 0 aromatic rings. The Morgan fingerprint density at radius 3 is 1.75 bits per heavy atom. The van der Waals surface area contributed by atoms with Crippen LogP contribution in [0.4, 0.5) is 0 Å². The maximum atomic E-state index is 9.45. The zero-order chi connectivity index (χ0) is 5.15. The van der Waals surface area contributed by atoms with Crippen LogP contribution in [0.2, 0.25) is 0 Å². The number of carbonyl (C=O) groups is 1. The molecule has 1 unspecified atom stereocenters. The van der Waals surface area contributed by atoms with Crippen molar-refractivity contribution in [2.75, 3.05) is 0 Å². The van der Waals surface area contributed by atoms with E-state index in [9.17, 15) is 4.79 Å². The van der Waals surface area contributed by atoms with E-state index in [2.05, 4.69) is 0 Å². The van der Waals surface area contributed by atoms with Crippen LogP contribution < -0.4 is 0 Å². The van der Waals surface area contributed by atoms with E-state index in [1.807, 2.05) is 0 Å². The summed E-state index contributed by atoms with van der Waals surface area (Å²) in [4.78, 5) is 9.45. The van der Waals surface area contributed by atoms with E-state index >= 15 is 0 Å². The van der Waals surface area contributed by atoms with Crippen molar-refractivity contribution in [1.29, 1.82) is 0 Å². The normalized spacial score (nSPS) is 10.2. The molecule has 5 heteroatoms. The Morgan fingerprint density at radius 2 is 1.75 bits per heavy atom. The predicted molar refractivity (Wildman–Crippen MR) is 33.6 cm³/mol. The number of hydrogen-bond donors (Lipinski definition) is 2. The topological polar surface area (TPSA) is 57.5 Å². The number of hydrogen-bond acceptors (Lipinski definition) is 2. The molecular weight excluding hydrogens is 146 g/mol. The van der Waals surface area contributed by atoms with E-state index in [0.29, 0.717) is 0 Å². The molecule has 0 amide bonds. The Hall–Kier alpha value is 2.07. The number of carboxylic acid groups (broad SMARTS) is 1. The Bertz CT molecular complexity index is 65.5. The summed E-state index contributed by atoms with van der Waals surface area (Å²) in [7, 11) is 0. The van der Waals surface area contributed by atoms with Crippen LogP contribution >= 0.6 is 0 Å². The molecule has 2 N–H and O–H groups in total. The minimum absolute atomic E-state index is 0. The second-order valence-corrected chi connectivity index (χ2v) is 1.01. The molecule has 40 valence electrons. The first-order chi connectivity index (χ1) is 2.64. The van der Waals surface area contributed by atoms with E-state index in [4.69, 9.17) is 10.2 Å². The van der Waals surface area contributed by atoms with Crippen molar-refractivity contribution in [2.45, 2.75) is 13.0 Å². The van der Waals surface area contributed by atoms with Crippen LogP contribution in [0.5, 0.6) is 0 Å². The van der Waals surface area contributed by atoms with Crippen LogP contribution in [0.15, 0.2) is 0 Å². The molecule has 0 heterocycles. The van der Waals surface area contributed by atoms with E-state index < -0.39 is 12.1 Å². The van der Waals surface area contributed by atoms with Crippen molar-refractivity contribution in [3.8, 4) is 0 Å². The van der Waals surface area contributed by atoms with Gasteiger partial charge in [-0.05, 0) is 6.92 Å². The Balaban J connectivity index is -0.000000125.